The predicted octanol–water partition coefficient (Wildman–Crippen LogP) is 2.98. The van der Waals surface area contributed by atoms with E-state index in [1.54, 1.807) is 6.33 Å². The van der Waals surface area contributed by atoms with Crippen molar-refractivity contribution in [3.63, 3.8) is 0 Å². The molecule has 6 rings (SSSR count). The van der Waals surface area contributed by atoms with Crippen LogP contribution in [0.15, 0.2) is 43.0 Å². The predicted molar refractivity (Wildman–Crippen MR) is 141 cm³/mol. The molecule has 208 valence electrons. The largest absolute Gasteiger partial charge is 0.382 e. The Bertz CT molecular complexity index is 1290. The maximum atomic E-state index is 8.12. The number of hydrogen-bond donors (Lipinski definition) is 1. The standard InChI is InChI=1S/C27H36N6O3.CO2/c1-27(2)35-22-20(14-32(3)19-12-18(13-19)11-7-10-17-8-5-4-6-9-17)34-26(23(22)36-27)33-16-31-21-24(28)29-15-30-25(21)33;2-1-3/h4-6,8-9,15-16,18-20,22-23,26H,7,10-14H2,1-3H3,(H2,28,29,30);/t18?,19?,20-,22-,23-,26-;/m1./s1. The van der Waals surface area contributed by atoms with Gasteiger partial charge in [0.2, 0.25) is 0 Å². The first-order chi connectivity index (χ1) is 18.8. The highest BCUT2D eigenvalue weighted by molar-refractivity contribution is 5.81. The molecule has 1 aromatic carbocycles. The van der Waals surface area contributed by atoms with Crippen molar-refractivity contribution in [3.8, 4) is 0 Å². The number of fused-ring (bicyclic) bond motifs is 2. The molecule has 4 heterocycles. The van der Waals surface area contributed by atoms with E-state index in [-0.39, 0.29) is 30.7 Å². The van der Waals surface area contributed by atoms with Gasteiger partial charge < -0.3 is 24.8 Å². The first-order valence-corrected chi connectivity index (χ1v) is 13.5. The minimum absolute atomic E-state index is 0.111. The summed E-state index contributed by atoms with van der Waals surface area (Å²) in [6.45, 7) is 4.71. The molecule has 2 N–H and O–H groups in total. The second-order valence-electron chi connectivity index (χ2n) is 11.1. The summed E-state index contributed by atoms with van der Waals surface area (Å²) in [6.07, 6.45) is 8.74. The maximum absolute atomic E-state index is 8.12. The fraction of sp³-hybridized carbons (Fsp3) is 0.571. The SMILES string of the molecule is CN(C[C@H]1O[C@@H](n2cnc3c(N)ncnc32)[C@@H]2OC(C)(C)O[C@@H]21)C1CC(CCCc2ccccc2)C1.O=C=O. The van der Waals surface area contributed by atoms with Crippen LogP contribution in [0.4, 0.5) is 5.82 Å². The second kappa shape index (κ2) is 11.5. The molecule has 2 saturated heterocycles. The first-order valence-electron chi connectivity index (χ1n) is 13.5. The zero-order valence-electron chi connectivity index (χ0n) is 22.6. The van der Waals surface area contributed by atoms with Crippen molar-refractivity contribution in [2.45, 2.75) is 82.3 Å². The molecule has 3 fully saturated rings. The topological polar surface area (TPSA) is 135 Å². The lowest BCUT2D eigenvalue weighted by atomic mass is 9.76. The number of benzene rings is 1. The van der Waals surface area contributed by atoms with Gasteiger partial charge in [-0.05, 0) is 58.1 Å². The van der Waals surface area contributed by atoms with Crippen LogP contribution < -0.4 is 5.73 Å². The second-order valence-corrected chi connectivity index (χ2v) is 11.1. The molecule has 4 atom stereocenters. The van der Waals surface area contributed by atoms with Crippen LogP contribution in [-0.2, 0) is 30.2 Å². The molecule has 2 aromatic heterocycles. The smallest absolute Gasteiger partial charge is 0.373 e. The quantitative estimate of drug-likeness (QED) is 0.458. The highest BCUT2D eigenvalue weighted by Gasteiger charge is 2.56. The van der Waals surface area contributed by atoms with Crippen LogP contribution in [0.3, 0.4) is 0 Å². The maximum Gasteiger partial charge on any atom is 0.373 e. The summed E-state index contributed by atoms with van der Waals surface area (Å²) in [5, 5.41) is 0. The van der Waals surface area contributed by atoms with Gasteiger partial charge in [0.05, 0.1) is 6.33 Å². The van der Waals surface area contributed by atoms with Gasteiger partial charge in [0, 0.05) is 12.6 Å². The first kappa shape index (κ1) is 27.4. The molecule has 39 heavy (non-hydrogen) atoms. The Morgan fingerprint density at radius 3 is 2.56 bits per heavy atom. The number of hydrogen-bond acceptors (Lipinski definition) is 10. The van der Waals surface area contributed by atoms with Gasteiger partial charge in [-0.25, -0.2) is 15.0 Å². The van der Waals surface area contributed by atoms with E-state index in [1.165, 1.54) is 44.0 Å². The molecular weight excluding hydrogens is 500 g/mol. The summed E-state index contributed by atoms with van der Waals surface area (Å²) in [4.78, 5) is 31.6. The zero-order valence-corrected chi connectivity index (χ0v) is 22.6. The van der Waals surface area contributed by atoms with E-state index in [0.717, 1.165) is 12.5 Å². The molecule has 0 spiro atoms. The lowest BCUT2D eigenvalue weighted by Crippen LogP contribution is -2.47. The average Bonchev–Trinajstić information content (AvgIpc) is 3.53. The minimum Gasteiger partial charge on any atom is -0.382 e. The number of rotatable bonds is 8. The summed E-state index contributed by atoms with van der Waals surface area (Å²) >= 11 is 0. The minimum atomic E-state index is -0.668. The molecular formula is C28H36N6O5. The lowest BCUT2D eigenvalue weighted by molar-refractivity contribution is -0.198. The van der Waals surface area contributed by atoms with Crippen LogP contribution in [0.5, 0.6) is 0 Å². The number of aryl methyl sites for hydroxylation is 1. The van der Waals surface area contributed by atoms with Crippen LogP contribution in [0, 0.1) is 5.92 Å². The number of carbonyl (C=O) groups excluding carboxylic acids is 2. The van der Waals surface area contributed by atoms with E-state index < -0.39 is 5.79 Å². The molecule has 0 radical (unpaired) electrons. The highest BCUT2D eigenvalue weighted by Crippen LogP contribution is 2.44. The molecule has 1 saturated carbocycles. The molecule has 0 bridgehead atoms. The van der Waals surface area contributed by atoms with Crippen molar-refractivity contribution < 1.29 is 23.8 Å². The van der Waals surface area contributed by atoms with Gasteiger partial charge in [-0.3, -0.25) is 4.57 Å². The van der Waals surface area contributed by atoms with Gasteiger partial charge in [0.15, 0.2) is 23.5 Å². The van der Waals surface area contributed by atoms with Crippen molar-refractivity contribution in [2.24, 2.45) is 5.92 Å². The molecule has 1 aliphatic carbocycles. The summed E-state index contributed by atoms with van der Waals surface area (Å²) in [5.74, 6) is 0.509. The van der Waals surface area contributed by atoms with E-state index in [4.69, 9.17) is 29.5 Å². The number of nitrogens with zero attached hydrogens (tertiary/aromatic N) is 5. The molecule has 0 unspecified atom stereocenters. The van der Waals surface area contributed by atoms with E-state index >= 15 is 0 Å². The van der Waals surface area contributed by atoms with Gasteiger partial charge in [0.1, 0.15) is 30.2 Å². The van der Waals surface area contributed by atoms with Crippen LogP contribution in [0.1, 0.15) is 51.3 Å². The van der Waals surface area contributed by atoms with Crippen molar-refractivity contribution in [1.29, 1.82) is 0 Å². The average molecular weight is 537 g/mol. The molecule has 3 aromatic rings. The summed E-state index contributed by atoms with van der Waals surface area (Å²) < 4.78 is 21.1. The van der Waals surface area contributed by atoms with Crippen molar-refractivity contribution in [2.75, 3.05) is 19.3 Å². The number of anilines is 1. The third-order valence-electron chi connectivity index (χ3n) is 8.01. The van der Waals surface area contributed by atoms with Gasteiger partial charge in [0.25, 0.3) is 0 Å². The Morgan fingerprint density at radius 2 is 1.82 bits per heavy atom. The number of imidazole rings is 1. The zero-order chi connectivity index (χ0) is 27.6. The van der Waals surface area contributed by atoms with E-state index in [0.29, 0.717) is 23.0 Å². The van der Waals surface area contributed by atoms with E-state index in [1.807, 2.05) is 18.4 Å². The molecule has 0 amide bonds. The summed E-state index contributed by atoms with van der Waals surface area (Å²) in [6, 6.07) is 11.4. The van der Waals surface area contributed by atoms with E-state index in [9.17, 15) is 0 Å². The molecule has 3 aliphatic rings. The molecule has 2 aliphatic heterocycles. The van der Waals surface area contributed by atoms with Crippen molar-refractivity contribution >= 4 is 23.1 Å². The van der Waals surface area contributed by atoms with Crippen LogP contribution >= 0.6 is 0 Å². The van der Waals surface area contributed by atoms with E-state index in [2.05, 4.69) is 57.2 Å². The lowest BCUT2D eigenvalue weighted by Gasteiger charge is -2.42. The van der Waals surface area contributed by atoms with Gasteiger partial charge >= 0.3 is 6.15 Å². The number of aromatic nitrogens is 4. The van der Waals surface area contributed by atoms with Crippen LogP contribution in [0.2, 0.25) is 0 Å². The fourth-order valence-corrected chi connectivity index (χ4v) is 6.05. The summed E-state index contributed by atoms with van der Waals surface area (Å²) in [7, 11) is 2.21. The summed E-state index contributed by atoms with van der Waals surface area (Å²) in [5.41, 5.74) is 8.66. The molecule has 11 heteroatoms. The van der Waals surface area contributed by atoms with Crippen LogP contribution in [-0.4, -0.2) is 74.3 Å². The number of likely N-dealkylation sites (N-methyl/N-ethyl adjacent to an activating group) is 1. The van der Waals surface area contributed by atoms with Crippen molar-refractivity contribution in [3.05, 3.63) is 48.5 Å². The number of nitrogen functional groups attached to an aromatic ring is 1. The molecule has 11 nitrogen and oxygen atoms in total. The Morgan fingerprint density at radius 1 is 1.10 bits per heavy atom. The number of nitrogens with two attached hydrogens (primary N) is 1. The fourth-order valence-electron chi connectivity index (χ4n) is 6.05. The Hall–Kier alpha value is -3.21. The highest BCUT2D eigenvalue weighted by atomic mass is 16.8. The Labute approximate surface area is 227 Å². The van der Waals surface area contributed by atoms with Crippen molar-refractivity contribution in [1.82, 2.24) is 24.4 Å². The van der Waals surface area contributed by atoms with Crippen LogP contribution in [0.25, 0.3) is 11.2 Å². The Balaban J connectivity index is 0.000000983. The van der Waals surface area contributed by atoms with Gasteiger partial charge in [-0.2, -0.15) is 9.59 Å². The normalized spacial score (nSPS) is 28.9. The third-order valence-corrected chi connectivity index (χ3v) is 8.01. The van der Waals surface area contributed by atoms with Gasteiger partial charge in [-0.1, -0.05) is 36.8 Å². The third kappa shape index (κ3) is 5.88. The van der Waals surface area contributed by atoms with Gasteiger partial charge in [-0.15, -0.1) is 0 Å². The monoisotopic (exact) mass is 536 g/mol. The Kier molecular flexibility index (Phi) is 8.06. The number of ether oxygens (including phenoxy) is 3.